The first-order chi connectivity index (χ1) is 9.25. The van der Waals surface area contributed by atoms with E-state index in [0.717, 1.165) is 18.0 Å². The third-order valence-corrected chi connectivity index (χ3v) is 4.46. The largest absolute Gasteiger partial charge is 0.353 e. The molecule has 0 spiro atoms. The monoisotopic (exact) mass is 279 g/mol. The van der Waals surface area contributed by atoms with Crippen LogP contribution in [0.3, 0.4) is 0 Å². The fourth-order valence-corrected chi connectivity index (χ4v) is 3.00. The first-order valence-corrected chi connectivity index (χ1v) is 7.77. The highest BCUT2D eigenvalue weighted by molar-refractivity contribution is 8.00. The van der Waals surface area contributed by atoms with Crippen LogP contribution in [-0.4, -0.2) is 35.8 Å². The molecule has 0 aliphatic carbocycles. The van der Waals surface area contributed by atoms with E-state index >= 15 is 0 Å². The summed E-state index contributed by atoms with van der Waals surface area (Å²) in [5.41, 5.74) is 0. The van der Waals surface area contributed by atoms with Crippen molar-refractivity contribution < 1.29 is 4.79 Å². The molecule has 1 aliphatic rings. The molecule has 104 valence electrons. The fraction of sp³-hybridized carbons (Fsp3) is 0.571. The molecule has 1 aromatic rings. The Kier molecular flexibility index (Phi) is 5.66. The maximum absolute atomic E-state index is 11.9. The molecule has 1 aromatic heterocycles. The van der Waals surface area contributed by atoms with Crippen molar-refractivity contribution in [3.8, 4) is 0 Å². The van der Waals surface area contributed by atoms with Gasteiger partial charge in [0.25, 0.3) is 0 Å². The lowest BCUT2D eigenvalue weighted by Crippen LogP contribution is -2.45. The molecule has 1 aliphatic heterocycles. The second-order valence-electron chi connectivity index (χ2n) is 4.93. The molecule has 2 rings (SSSR count). The number of pyridine rings is 1. The van der Waals surface area contributed by atoms with Crippen molar-refractivity contribution >= 4 is 17.7 Å². The SMILES string of the molecule is CC(NC(=O)CSc1ccncc1)C1CCCNC1. The summed E-state index contributed by atoms with van der Waals surface area (Å²) in [6.07, 6.45) is 5.90. The summed E-state index contributed by atoms with van der Waals surface area (Å²) in [4.78, 5) is 16.9. The molecule has 0 bridgehead atoms. The van der Waals surface area contributed by atoms with Crippen molar-refractivity contribution in [2.45, 2.75) is 30.7 Å². The van der Waals surface area contributed by atoms with Gasteiger partial charge in [-0.3, -0.25) is 9.78 Å². The molecule has 2 atom stereocenters. The molecule has 5 heteroatoms. The van der Waals surface area contributed by atoms with Gasteiger partial charge >= 0.3 is 0 Å². The number of rotatable bonds is 5. The van der Waals surface area contributed by atoms with E-state index in [4.69, 9.17) is 0 Å². The van der Waals surface area contributed by atoms with Crippen LogP contribution < -0.4 is 10.6 Å². The quantitative estimate of drug-likeness (QED) is 0.805. The van der Waals surface area contributed by atoms with Crippen molar-refractivity contribution in [2.24, 2.45) is 5.92 Å². The summed E-state index contributed by atoms with van der Waals surface area (Å²) >= 11 is 1.55. The number of nitrogens with one attached hydrogen (secondary N) is 2. The van der Waals surface area contributed by atoms with Gasteiger partial charge in [-0.05, 0) is 50.9 Å². The van der Waals surface area contributed by atoms with Gasteiger partial charge in [-0.15, -0.1) is 11.8 Å². The highest BCUT2D eigenvalue weighted by atomic mass is 32.2. The number of thioether (sulfide) groups is 1. The van der Waals surface area contributed by atoms with Crippen molar-refractivity contribution in [3.05, 3.63) is 24.5 Å². The number of carbonyl (C=O) groups is 1. The average molecular weight is 279 g/mol. The molecule has 4 nitrogen and oxygen atoms in total. The molecule has 1 saturated heterocycles. The first kappa shape index (κ1) is 14.3. The molecule has 2 heterocycles. The molecule has 19 heavy (non-hydrogen) atoms. The van der Waals surface area contributed by atoms with Crippen LogP contribution in [0.5, 0.6) is 0 Å². The third kappa shape index (κ3) is 4.84. The van der Waals surface area contributed by atoms with E-state index in [-0.39, 0.29) is 11.9 Å². The van der Waals surface area contributed by atoms with Gasteiger partial charge in [-0.25, -0.2) is 0 Å². The maximum Gasteiger partial charge on any atom is 0.230 e. The van der Waals surface area contributed by atoms with Gasteiger partial charge in [0.2, 0.25) is 5.91 Å². The number of carbonyl (C=O) groups excluding carboxylic acids is 1. The van der Waals surface area contributed by atoms with Gasteiger partial charge < -0.3 is 10.6 Å². The van der Waals surface area contributed by atoms with Crippen molar-refractivity contribution in [3.63, 3.8) is 0 Å². The van der Waals surface area contributed by atoms with Gasteiger partial charge in [0.05, 0.1) is 5.75 Å². The zero-order valence-corrected chi connectivity index (χ0v) is 12.1. The van der Waals surface area contributed by atoms with Crippen LogP contribution in [0.2, 0.25) is 0 Å². The summed E-state index contributed by atoms with van der Waals surface area (Å²) in [7, 11) is 0. The normalized spacial score (nSPS) is 20.8. The number of piperidine rings is 1. The molecule has 2 N–H and O–H groups in total. The Morgan fingerprint density at radius 3 is 3.05 bits per heavy atom. The highest BCUT2D eigenvalue weighted by Crippen LogP contribution is 2.17. The van der Waals surface area contributed by atoms with Crippen LogP contribution in [0.1, 0.15) is 19.8 Å². The molecule has 1 amide bonds. The van der Waals surface area contributed by atoms with Gasteiger partial charge in [-0.2, -0.15) is 0 Å². The molecular weight excluding hydrogens is 258 g/mol. The summed E-state index contributed by atoms with van der Waals surface area (Å²) < 4.78 is 0. The van der Waals surface area contributed by atoms with E-state index in [1.807, 2.05) is 12.1 Å². The number of amides is 1. The Labute approximate surface area is 118 Å². The topological polar surface area (TPSA) is 54.0 Å². The number of nitrogens with zero attached hydrogens (tertiary/aromatic N) is 1. The fourth-order valence-electron chi connectivity index (χ4n) is 2.30. The van der Waals surface area contributed by atoms with Crippen molar-refractivity contribution in [2.75, 3.05) is 18.8 Å². The van der Waals surface area contributed by atoms with E-state index in [1.165, 1.54) is 12.8 Å². The van der Waals surface area contributed by atoms with E-state index in [0.29, 0.717) is 11.7 Å². The van der Waals surface area contributed by atoms with Crippen LogP contribution in [0.4, 0.5) is 0 Å². The summed E-state index contributed by atoms with van der Waals surface area (Å²) in [5, 5.41) is 6.49. The van der Waals surface area contributed by atoms with Gasteiger partial charge in [0.1, 0.15) is 0 Å². The smallest absolute Gasteiger partial charge is 0.230 e. The van der Waals surface area contributed by atoms with Crippen LogP contribution in [0.15, 0.2) is 29.4 Å². The highest BCUT2D eigenvalue weighted by Gasteiger charge is 2.21. The summed E-state index contributed by atoms with van der Waals surface area (Å²) in [6, 6.07) is 4.09. The predicted molar refractivity (Wildman–Crippen MR) is 78.2 cm³/mol. The van der Waals surface area contributed by atoms with Crippen LogP contribution in [-0.2, 0) is 4.79 Å². The van der Waals surface area contributed by atoms with Crippen molar-refractivity contribution in [1.82, 2.24) is 15.6 Å². The lowest BCUT2D eigenvalue weighted by atomic mass is 9.93. The lowest BCUT2D eigenvalue weighted by molar-refractivity contribution is -0.119. The van der Waals surface area contributed by atoms with Gasteiger partial charge in [0, 0.05) is 23.3 Å². The molecule has 0 aromatic carbocycles. The Balaban J connectivity index is 1.71. The summed E-state index contributed by atoms with van der Waals surface area (Å²) in [6.45, 7) is 4.22. The second-order valence-corrected chi connectivity index (χ2v) is 5.98. The maximum atomic E-state index is 11.9. The predicted octanol–water partition coefficient (Wildman–Crippen LogP) is 1.68. The van der Waals surface area contributed by atoms with Crippen molar-refractivity contribution in [1.29, 1.82) is 0 Å². The zero-order chi connectivity index (χ0) is 13.5. The average Bonchev–Trinajstić information content (AvgIpc) is 2.47. The second kappa shape index (κ2) is 7.50. The number of aromatic nitrogens is 1. The third-order valence-electron chi connectivity index (χ3n) is 3.45. The number of hydrogen-bond acceptors (Lipinski definition) is 4. The standard InChI is InChI=1S/C14H21N3OS/c1-11(12-3-2-6-16-9-12)17-14(18)10-19-13-4-7-15-8-5-13/h4-5,7-8,11-12,16H,2-3,6,9-10H2,1H3,(H,17,18). The Hall–Kier alpha value is -1.07. The van der Waals surface area contributed by atoms with Crippen LogP contribution in [0, 0.1) is 5.92 Å². The Bertz CT molecular complexity index is 393. The minimum Gasteiger partial charge on any atom is -0.353 e. The van der Waals surface area contributed by atoms with E-state index in [1.54, 1.807) is 24.2 Å². The number of hydrogen-bond donors (Lipinski definition) is 2. The minimum atomic E-state index is 0.111. The Morgan fingerprint density at radius 2 is 2.37 bits per heavy atom. The summed E-state index contributed by atoms with van der Waals surface area (Å²) in [5.74, 6) is 1.14. The van der Waals surface area contributed by atoms with Crippen LogP contribution in [0.25, 0.3) is 0 Å². The molecule has 0 radical (unpaired) electrons. The van der Waals surface area contributed by atoms with Crippen LogP contribution >= 0.6 is 11.8 Å². The lowest BCUT2D eigenvalue weighted by Gasteiger charge is -2.28. The van der Waals surface area contributed by atoms with E-state index < -0.39 is 0 Å². The van der Waals surface area contributed by atoms with E-state index in [2.05, 4.69) is 22.5 Å². The Morgan fingerprint density at radius 1 is 1.58 bits per heavy atom. The van der Waals surface area contributed by atoms with E-state index in [9.17, 15) is 4.79 Å². The molecule has 1 fully saturated rings. The molecular formula is C14H21N3OS. The minimum absolute atomic E-state index is 0.111. The van der Waals surface area contributed by atoms with Gasteiger partial charge in [0.15, 0.2) is 0 Å². The first-order valence-electron chi connectivity index (χ1n) is 6.78. The molecule has 0 saturated carbocycles. The van der Waals surface area contributed by atoms with Gasteiger partial charge in [-0.1, -0.05) is 0 Å². The molecule has 2 unspecified atom stereocenters. The zero-order valence-electron chi connectivity index (χ0n) is 11.3.